The second-order valence-corrected chi connectivity index (χ2v) is 8.56. The van der Waals surface area contributed by atoms with Gasteiger partial charge < -0.3 is 9.64 Å². The summed E-state index contributed by atoms with van der Waals surface area (Å²) in [6.45, 7) is 7.41. The maximum atomic E-state index is 11.6. The molecule has 3 heterocycles. The molecule has 0 aromatic rings. The molecule has 0 radical (unpaired) electrons. The Hall–Kier alpha value is -0.210. The van der Waals surface area contributed by atoms with Gasteiger partial charge >= 0.3 is 0 Å². The second-order valence-electron chi connectivity index (χ2n) is 6.57. The summed E-state index contributed by atoms with van der Waals surface area (Å²) in [5.74, 6) is 0. The number of nitrogens with zero attached hydrogens (tertiary/aromatic N) is 3. The molecule has 3 rings (SSSR count). The van der Waals surface area contributed by atoms with Crippen molar-refractivity contribution in [2.75, 3.05) is 58.6 Å². The zero-order chi connectivity index (χ0) is 14.9. The predicted octanol–water partition coefficient (Wildman–Crippen LogP) is -0.183. The molecule has 0 spiro atoms. The van der Waals surface area contributed by atoms with Gasteiger partial charge in [-0.2, -0.15) is 0 Å². The molecule has 3 aliphatic heterocycles. The largest absolute Gasteiger partial charge is 0.372 e. The van der Waals surface area contributed by atoms with E-state index >= 15 is 0 Å². The van der Waals surface area contributed by atoms with Gasteiger partial charge in [-0.05, 0) is 25.8 Å². The minimum atomic E-state index is -3.03. The van der Waals surface area contributed by atoms with Gasteiger partial charge in [-0.15, -0.1) is 0 Å². The van der Waals surface area contributed by atoms with Crippen LogP contribution in [0.1, 0.15) is 19.3 Å². The summed E-state index contributed by atoms with van der Waals surface area (Å²) < 4.78 is 30.7. The molecule has 3 saturated heterocycles. The average molecular weight is 317 g/mol. The van der Waals surface area contributed by atoms with Crippen LogP contribution in [-0.2, 0) is 14.8 Å². The second kappa shape index (κ2) is 6.50. The molecule has 2 bridgehead atoms. The summed E-state index contributed by atoms with van der Waals surface area (Å²) in [4.78, 5) is 4.92. The van der Waals surface area contributed by atoms with Crippen LogP contribution >= 0.6 is 0 Å². The number of hydrogen-bond donors (Lipinski definition) is 0. The Balaban J connectivity index is 1.43. The normalized spacial score (nSPS) is 33.2. The highest BCUT2D eigenvalue weighted by Gasteiger charge is 2.33. The molecule has 2 atom stereocenters. The lowest BCUT2D eigenvalue weighted by atomic mass is 10.2. The first kappa shape index (κ1) is 15.7. The third-order valence-corrected chi connectivity index (χ3v) is 6.17. The van der Waals surface area contributed by atoms with E-state index in [1.807, 2.05) is 0 Å². The molecule has 0 saturated carbocycles. The van der Waals surface area contributed by atoms with Gasteiger partial charge in [0, 0.05) is 45.8 Å². The number of ether oxygens (including phenoxy) is 1. The highest BCUT2D eigenvalue weighted by molar-refractivity contribution is 7.88. The maximum absolute atomic E-state index is 11.6. The Bertz CT molecular complexity index is 444. The number of likely N-dealkylation sites (tertiary alicyclic amines) is 1. The van der Waals surface area contributed by atoms with E-state index in [2.05, 4.69) is 9.80 Å². The summed E-state index contributed by atoms with van der Waals surface area (Å²) >= 11 is 0. The Morgan fingerprint density at radius 2 is 1.62 bits per heavy atom. The van der Waals surface area contributed by atoms with Gasteiger partial charge in [0.2, 0.25) is 10.0 Å². The van der Waals surface area contributed by atoms with Crippen LogP contribution in [0, 0.1) is 0 Å². The van der Waals surface area contributed by atoms with Crippen molar-refractivity contribution in [3.8, 4) is 0 Å². The number of rotatable bonds is 4. The van der Waals surface area contributed by atoms with Crippen molar-refractivity contribution < 1.29 is 13.2 Å². The summed E-state index contributed by atoms with van der Waals surface area (Å²) in [6, 6.07) is 0. The van der Waals surface area contributed by atoms with Crippen molar-refractivity contribution >= 4 is 10.0 Å². The molecule has 0 amide bonds. The fourth-order valence-electron chi connectivity index (χ4n) is 3.67. The van der Waals surface area contributed by atoms with Crippen molar-refractivity contribution in [1.29, 1.82) is 0 Å². The van der Waals surface area contributed by atoms with Gasteiger partial charge in [0.25, 0.3) is 0 Å². The minimum Gasteiger partial charge on any atom is -0.372 e. The molecule has 21 heavy (non-hydrogen) atoms. The highest BCUT2D eigenvalue weighted by atomic mass is 32.2. The zero-order valence-corrected chi connectivity index (χ0v) is 13.7. The maximum Gasteiger partial charge on any atom is 0.211 e. The first-order chi connectivity index (χ1) is 10.0. The number of hydrogen-bond acceptors (Lipinski definition) is 5. The van der Waals surface area contributed by atoms with Crippen LogP contribution in [0.2, 0.25) is 0 Å². The smallest absolute Gasteiger partial charge is 0.211 e. The van der Waals surface area contributed by atoms with Crippen molar-refractivity contribution in [3.05, 3.63) is 0 Å². The SMILES string of the molecule is CS(=O)(=O)N1CCCN(CCN2C[C@H]3CC[C@@H](C2)O3)CC1. The Morgan fingerprint density at radius 3 is 2.29 bits per heavy atom. The Morgan fingerprint density at radius 1 is 0.952 bits per heavy atom. The number of morpholine rings is 1. The first-order valence-corrected chi connectivity index (χ1v) is 9.91. The molecule has 0 unspecified atom stereocenters. The molecule has 122 valence electrons. The van der Waals surface area contributed by atoms with E-state index in [1.54, 1.807) is 4.31 Å². The lowest BCUT2D eigenvalue weighted by molar-refractivity contribution is -0.0400. The highest BCUT2D eigenvalue weighted by Crippen LogP contribution is 2.25. The summed E-state index contributed by atoms with van der Waals surface area (Å²) in [7, 11) is -3.03. The molecule has 7 heteroatoms. The minimum absolute atomic E-state index is 0.452. The van der Waals surface area contributed by atoms with E-state index in [0.29, 0.717) is 25.3 Å². The molecule has 3 aliphatic rings. The van der Waals surface area contributed by atoms with Gasteiger partial charge in [-0.3, -0.25) is 4.90 Å². The third kappa shape index (κ3) is 4.16. The van der Waals surface area contributed by atoms with Crippen molar-refractivity contribution in [1.82, 2.24) is 14.1 Å². The van der Waals surface area contributed by atoms with Gasteiger partial charge in [-0.25, -0.2) is 12.7 Å². The van der Waals surface area contributed by atoms with Crippen LogP contribution in [0.3, 0.4) is 0 Å². The van der Waals surface area contributed by atoms with E-state index < -0.39 is 10.0 Å². The summed E-state index contributed by atoms with van der Waals surface area (Å²) in [5, 5.41) is 0. The zero-order valence-electron chi connectivity index (χ0n) is 12.9. The molecule has 0 aromatic carbocycles. The average Bonchev–Trinajstić information content (AvgIpc) is 2.65. The Labute approximate surface area is 128 Å². The Kier molecular flexibility index (Phi) is 4.85. The van der Waals surface area contributed by atoms with E-state index in [-0.39, 0.29) is 0 Å². The van der Waals surface area contributed by atoms with E-state index in [9.17, 15) is 8.42 Å². The van der Waals surface area contributed by atoms with Crippen LogP contribution in [0.4, 0.5) is 0 Å². The topological polar surface area (TPSA) is 53.1 Å². The number of sulfonamides is 1. The monoisotopic (exact) mass is 317 g/mol. The van der Waals surface area contributed by atoms with Gasteiger partial charge in [-0.1, -0.05) is 0 Å². The third-order valence-electron chi connectivity index (χ3n) is 4.87. The first-order valence-electron chi connectivity index (χ1n) is 8.06. The van der Waals surface area contributed by atoms with Crippen molar-refractivity contribution in [2.45, 2.75) is 31.5 Å². The van der Waals surface area contributed by atoms with Crippen molar-refractivity contribution in [3.63, 3.8) is 0 Å². The predicted molar refractivity (Wildman–Crippen MR) is 81.8 cm³/mol. The molecular weight excluding hydrogens is 290 g/mol. The van der Waals surface area contributed by atoms with Gasteiger partial charge in [0.05, 0.1) is 18.5 Å². The van der Waals surface area contributed by atoms with Crippen LogP contribution < -0.4 is 0 Å². The summed E-state index contributed by atoms with van der Waals surface area (Å²) in [6.07, 6.45) is 5.58. The van der Waals surface area contributed by atoms with Crippen LogP contribution in [0.5, 0.6) is 0 Å². The van der Waals surface area contributed by atoms with Crippen LogP contribution in [-0.4, -0.2) is 93.3 Å². The van der Waals surface area contributed by atoms with Crippen LogP contribution in [0.25, 0.3) is 0 Å². The van der Waals surface area contributed by atoms with Crippen LogP contribution in [0.15, 0.2) is 0 Å². The standard InChI is InChI=1S/C14H27N3O3S/c1-21(18,19)17-6-2-5-15(9-10-17)7-8-16-11-13-3-4-14(12-16)20-13/h13-14H,2-12H2,1H3/t13-,14+. The molecule has 6 nitrogen and oxygen atoms in total. The number of fused-ring (bicyclic) bond motifs is 2. The molecular formula is C14H27N3O3S. The fourth-order valence-corrected chi connectivity index (χ4v) is 4.54. The lowest BCUT2D eigenvalue weighted by Crippen LogP contribution is -2.46. The summed E-state index contributed by atoms with van der Waals surface area (Å²) in [5.41, 5.74) is 0. The van der Waals surface area contributed by atoms with Gasteiger partial charge in [0.15, 0.2) is 0 Å². The van der Waals surface area contributed by atoms with E-state index in [0.717, 1.165) is 45.7 Å². The molecule has 0 aliphatic carbocycles. The van der Waals surface area contributed by atoms with E-state index in [4.69, 9.17) is 4.74 Å². The van der Waals surface area contributed by atoms with Gasteiger partial charge in [0.1, 0.15) is 0 Å². The fraction of sp³-hybridized carbons (Fsp3) is 1.00. The lowest BCUT2D eigenvalue weighted by Gasteiger charge is -2.33. The quantitative estimate of drug-likeness (QED) is 0.720. The van der Waals surface area contributed by atoms with Crippen molar-refractivity contribution in [2.24, 2.45) is 0 Å². The van der Waals surface area contributed by atoms with E-state index in [1.165, 1.54) is 19.1 Å². The molecule has 3 fully saturated rings. The molecule has 0 aromatic heterocycles. The molecule has 0 N–H and O–H groups in total.